The van der Waals surface area contributed by atoms with Gasteiger partial charge in [0.1, 0.15) is 11.2 Å². The average Bonchev–Trinajstić information content (AvgIpc) is 3.11. The lowest BCUT2D eigenvalue weighted by Gasteiger charge is -2.66. The molecule has 0 amide bonds. The van der Waals surface area contributed by atoms with E-state index in [4.69, 9.17) is 4.74 Å². The number of esters is 1. The number of hydrogen-bond acceptors (Lipinski definition) is 2. The molecule has 0 saturated carbocycles. The molecule has 0 N–H and O–H groups in total. The lowest BCUT2D eigenvalue weighted by molar-refractivity contribution is -0.159. The second-order valence-electron chi connectivity index (χ2n) is 17.8. The summed E-state index contributed by atoms with van der Waals surface area (Å²) >= 11 is 0. The highest BCUT2D eigenvalue weighted by Gasteiger charge is 2.71. The van der Waals surface area contributed by atoms with Crippen LogP contribution in [-0.4, -0.2) is 5.97 Å². The first kappa shape index (κ1) is 32.6. The van der Waals surface area contributed by atoms with Crippen LogP contribution >= 0.6 is 0 Å². The van der Waals surface area contributed by atoms with Gasteiger partial charge in [-0.3, -0.25) is 0 Å². The highest BCUT2D eigenvalue weighted by Crippen LogP contribution is 2.75. The summed E-state index contributed by atoms with van der Waals surface area (Å²) < 4.78 is 6.88. The van der Waals surface area contributed by atoms with E-state index in [2.05, 4.69) is 147 Å². The Morgan fingerprint density at radius 1 is 0.667 bits per heavy atom. The van der Waals surface area contributed by atoms with Crippen molar-refractivity contribution in [1.82, 2.24) is 0 Å². The summed E-state index contributed by atoms with van der Waals surface area (Å²) in [5.74, 6) is 0.803. The van der Waals surface area contributed by atoms with E-state index in [1.54, 1.807) is 0 Å². The second-order valence-corrected chi connectivity index (χ2v) is 17.8. The van der Waals surface area contributed by atoms with E-state index in [9.17, 15) is 0 Å². The SMILES string of the molecule is Cc1ccc(C2(c3cccc(C)c3C)C(=O)OC3=C2CC(C(C)(C)C)(C(C)(C)C)CC3(C(C)(C)C)C(C)(C)C)cc1C. The molecule has 0 spiro atoms. The van der Waals surface area contributed by atoms with Gasteiger partial charge in [-0.05, 0) is 107 Å². The Hall–Kier alpha value is -2.35. The quantitative estimate of drug-likeness (QED) is 0.336. The van der Waals surface area contributed by atoms with Crippen molar-refractivity contribution in [3.8, 4) is 0 Å². The van der Waals surface area contributed by atoms with Crippen molar-refractivity contribution in [1.29, 1.82) is 0 Å². The van der Waals surface area contributed by atoms with Crippen LogP contribution in [0.5, 0.6) is 0 Å². The number of benzene rings is 2. The van der Waals surface area contributed by atoms with Crippen LogP contribution < -0.4 is 0 Å². The maximum absolute atomic E-state index is 15.1. The van der Waals surface area contributed by atoms with Gasteiger partial charge in [-0.1, -0.05) is 119 Å². The molecule has 0 fully saturated rings. The fourth-order valence-electron chi connectivity index (χ4n) is 9.35. The monoisotopic (exact) mass is 570 g/mol. The zero-order valence-electron chi connectivity index (χ0n) is 29.7. The van der Waals surface area contributed by atoms with E-state index in [0.717, 1.165) is 29.7 Å². The first-order valence-electron chi connectivity index (χ1n) is 16.0. The molecular formula is C40H58O2. The standard InChI is InChI=1S/C40H58O2/c1-25-20-21-29(22-27(25)3)40(30-19-17-18-26(2)28(30)4)31-23-38(34(5,6)7,35(8,9)10)24-39(36(11,12)13,37(14,15)16)32(31)42-33(40)41/h17-22H,23-24H2,1-16H3. The number of rotatable bonds is 2. The van der Waals surface area contributed by atoms with Crippen LogP contribution in [0.1, 0.15) is 129 Å². The van der Waals surface area contributed by atoms with Crippen LogP contribution in [0, 0.1) is 60.2 Å². The van der Waals surface area contributed by atoms with E-state index < -0.39 is 5.41 Å². The molecule has 0 aromatic heterocycles. The molecule has 1 unspecified atom stereocenters. The molecule has 4 rings (SSSR count). The molecule has 2 nitrogen and oxygen atoms in total. The van der Waals surface area contributed by atoms with Gasteiger partial charge in [-0.2, -0.15) is 0 Å². The third kappa shape index (κ3) is 4.21. The molecule has 42 heavy (non-hydrogen) atoms. The minimum absolute atomic E-state index is 0.0340. The molecule has 1 heterocycles. The maximum Gasteiger partial charge on any atom is 0.330 e. The van der Waals surface area contributed by atoms with Crippen molar-refractivity contribution in [3.63, 3.8) is 0 Å². The van der Waals surface area contributed by atoms with Crippen molar-refractivity contribution in [2.75, 3.05) is 0 Å². The minimum Gasteiger partial charge on any atom is -0.429 e. The molecular weight excluding hydrogens is 512 g/mol. The predicted molar refractivity (Wildman–Crippen MR) is 178 cm³/mol. The Labute approximate surface area is 257 Å². The number of carbonyl (C=O) groups is 1. The van der Waals surface area contributed by atoms with Crippen LogP contribution in [0.15, 0.2) is 47.7 Å². The smallest absolute Gasteiger partial charge is 0.330 e. The van der Waals surface area contributed by atoms with Crippen LogP contribution in [-0.2, 0) is 14.9 Å². The molecule has 2 aromatic carbocycles. The van der Waals surface area contributed by atoms with Crippen molar-refractivity contribution in [2.24, 2.45) is 32.5 Å². The van der Waals surface area contributed by atoms with E-state index in [1.165, 1.54) is 27.8 Å². The maximum atomic E-state index is 15.1. The van der Waals surface area contributed by atoms with E-state index in [1.807, 2.05) is 0 Å². The van der Waals surface area contributed by atoms with E-state index in [-0.39, 0.29) is 38.5 Å². The molecule has 1 atom stereocenters. The first-order valence-corrected chi connectivity index (χ1v) is 16.0. The summed E-state index contributed by atoms with van der Waals surface area (Å²) in [6.07, 6.45) is 1.78. The van der Waals surface area contributed by atoms with Gasteiger partial charge in [-0.25, -0.2) is 4.79 Å². The summed E-state index contributed by atoms with van der Waals surface area (Å²) in [5, 5.41) is 0. The minimum atomic E-state index is -1.01. The van der Waals surface area contributed by atoms with Gasteiger partial charge >= 0.3 is 5.97 Å². The van der Waals surface area contributed by atoms with Gasteiger partial charge in [0.15, 0.2) is 0 Å². The normalized spacial score (nSPS) is 22.7. The van der Waals surface area contributed by atoms with Gasteiger partial charge in [0, 0.05) is 5.41 Å². The summed E-state index contributed by atoms with van der Waals surface area (Å²) in [5.41, 5.74) is 6.16. The fraction of sp³-hybridized carbons (Fsp3) is 0.625. The number of carbonyl (C=O) groups excluding carboxylic acids is 1. The van der Waals surface area contributed by atoms with Gasteiger partial charge in [0.2, 0.25) is 0 Å². The van der Waals surface area contributed by atoms with Gasteiger partial charge in [0.05, 0.1) is 0 Å². The molecule has 0 bridgehead atoms. The molecule has 2 heteroatoms. The molecule has 2 aliphatic rings. The Kier molecular flexibility index (Phi) is 7.42. The van der Waals surface area contributed by atoms with Crippen LogP contribution in [0.25, 0.3) is 0 Å². The topological polar surface area (TPSA) is 26.3 Å². The lowest BCUT2D eigenvalue weighted by atomic mass is 9.37. The summed E-state index contributed by atoms with van der Waals surface area (Å²) in [4.78, 5) is 15.1. The van der Waals surface area contributed by atoms with E-state index >= 15 is 4.79 Å². The molecule has 230 valence electrons. The molecule has 0 radical (unpaired) electrons. The number of allylic oxidation sites excluding steroid dienone is 1. The van der Waals surface area contributed by atoms with Crippen LogP contribution in [0.2, 0.25) is 0 Å². The summed E-state index contributed by atoms with van der Waals surface area (Å²) in [6.45, 7) is 37.4. The Morgan fingerprint density at radius 2 is 1.21 bits per heavy atom. The van der Waals surface area contributed by atoms with E-state index in [0.29, 0.717) is 0 Å². The third-order valence-corrected chi connectivity index (χ3v) is 12.0. The Morgan fingerprint density at radius 3 is 1.69 bits per heavy atom. The second kappa shape index (κ2) is 9.57. The molecule has 1 aliphatic carbocycles. The van der Waals surface area contributed by atoms with Gasteiger partial charge < -0.3 is 4.74 Å². The Balaban J connectivity index is 2.33. The summed E-state index contributed by atoms with van der Waals surface area (Å²) in [6, 6.07) is 13.1. The average molecular weight is 571 g/mol. The lowest BCUT2D eigenvalue weighted by Crippen LogP contribution is -2.60. The van der Waals surface area contributed by atoms with Crippen LogP contribution in [0.3, 0.4) is 0 Å². The number of ether oxygens (including phenoxy) is 1. The summed E-state index contributed by atoms with van der Waals surface area (Å²) in [7, 11) is 0. The first-order chi connectivity index (χ1) is 18.9. The molecule has 2 aromatic rings. The highest BCUT2D eigenvalue weighted by molar-refractivity contribution is 5.96. The number of aryl methyl sites for hydroxylation is 3. The molecule has 0 saturated heterocycles. The van der Waals surface area contributed by atoms with Crippen molar-refractivity contribution in [2.45, 2.75) is 129 Å². The van der Waals surface area contributed by atoms with Crippen molar-refractivity contribution in [3.05, 3.63) is 81.1 Å². The van der Waals surface area contributed by atoms with Gasteiger partial charge in [-0.15, -0.1) is 0 Å². The largest absolute Gasteiger partial charge is 0.429 e. The predicted octanol–water partition coefficient (Wildman–Crippen LogP) is 11.0. The fourth-order valence-corrected chi connectivity index (χ4v) is 9.35. The Bertz CT molecular complexity index is 1410. The van der Waals surface area contributed by atoms with Crippen molar-refractivity contribution >= 4 is 5.97 Å². The zero-order valence-corrected chi connectivity index (χ0v) is 29.7. The van der Waals surface area contributed by atoms with Crippen molar-refractivity contribution < 1.29 is 9.53 Å². The third-order valence-electron chi connectivity index (χ3n) is 12.0. The number of hydrogen-bond donors (Lipinski definition) is 0. The van der Waals surface area contributed by atoms with Crippen LogP contribution in [0.4, 0.5) is 0 Å². The zero-order chi connectivity index (χ0) is 32.1. The molecule has 1 aliphatic heterocycles. The highest BCUT2D eigenvalue weighted by atomic mass is 16.5. The van der Waals surface area contributed by atoms with Gasteiger partial charge in [0.25, 0.3) is 0 Å².